The van der Waals surface area contributed by atoms with Crippen LogP contribution in [0.5, 0.6) is 0 Å². The van der Waals surface area contributed by atoms with Gasteiger partial charge in [0.2, 0.25) is 0 Å². The van der Waals surface area contributed by atoms with Crippen LogP contribution in [0.15, 0.2) is 10.5 Å². The van der Waals surface area contributed by atoms with Crippen molar-refractivity contribution in [3.63, 3.8) is 0 Å². The first-order valence-electron chi connectivity index (χ1n) is 7.22. The van der Waals surface area contributed by atoms with Crippen LogP contribution in [0.2, 0.25) is 0 Å². The number of aryl methyl sites for hydroxylation is 1. The summed E-state index contributed by atoms with van der Waals surface area (Å²) in [6.45, 7) is 5.40. The topological polar surface area (TPSA) is 70.8 Å². The van der Waals surface area contributed by atoms with Crippen LogP contribution in [-0.4, -0.2) is 35.0 Å². The van der Waals surface area contributed by atoms with Crippen molar-refractivity contribution in [1.82, 2.24) is 4.90 Å². The molecule has 1 aliphatic heterocycles. The van der Waals surface area contributed by atoms with Crippen molar-refractivity contribution in [2.75, 3.05) is 13.1 Å². The summed E-state index contributed by atoms with van der Waals surface area (Å²) in [4.78, 5) is 25.3. The van der Waals surface area contributed by atoms with Crippen molar-refractivity contribution in [1.29, 1.82) is 0 Å². The fourth-order valence-corrected chi connectivity index (χ4v) is 2.72. The average Bonchev–Trinajstić information content (AvgIpc) is 2.91. The minimum absolute atomic E-state index is 0.0971. The molecule has 0 bridgehead atoms. The summed E-state index contributed by atoms with van der Waals surface area (Å²) in [7, 11) is 0. The Morgan fingerprint density at radius 2 is 2.20 bits per heavy atom. The Morgan fingerprint density at radius 3 is 2.75 bits per heavy atom. The van der Waals surface area contributed by atoms with Crippen LogP contribution >= 0.6 is 0 Å². The second kappa shape index (κ2) is 6.11. The number of furan rings is 1. The van der Waals surface area contributed by atoms with E-state index in [9.17, 15) is 9.59 Å². The van der Waals surface area contributed by atoms with Crippen LogP contribution in [0, 0.1) is 5.92 Å². The van der Waals surface area contributed by atoms with Gasteiger partial charge in [0.05, 0.1) is 0 Å². The Balaban J connectivity index is 2.18. The second-order valence-corrected chi connectivity index (χ2v) is 5.27. The molecule has 0 aliphatic carbocycles. The van der Waals surface area contributed by atoms with Gasteiger partial charge in [-0.05, 0) is 18.8 Å². The van der Waals surface area contributed by atoms with E-state index in [-0.39, 0.29) is 17.2 Å². The third-order valence-electron chi connectivity index (χ3n) is 3.95. The fourth-order valence-electron chi connectivity index (χ4n) is 2.72. The number of aromatic carboxylic acids is 1. The van der Waals surface area contributed by atoms with Crippen LogP contribution < -0.4 is 0 Å². The van der Waals surface area contributed by atoms with E-state index >= 15 is 0 Å². The molecule has 1 N–H and O–H groups in total. The molecule has 0 radical (unpaired) electrons. The molecule has 1 atom stereocenters. The zero-order chi connectivity index (χ0) is 14.7. The Labute approximate surface area is 118 Å². The van der Waals surface area contributed by atoms with Crippen LogP contribution in [-0.2, 0) is 6.42 Å². The maximum absolute atomic E-state index is 12.4. The highest BCUT2D eigenvalue weighted by molar-refractivity contribution is 5.96. The highest BCUT2D eigenvalue weighted by Gasteiger charge is 2.27. The molecule has 0 aromatic carbocycles. The fraction of sp³-hybridized carbons (Fsp3) is 0.600. The van der Waals surface area contributed by atoms with Gasteiger partial charge < -0.3 is 14.4 Å². The van der Waals surface area contributed by atoms with Crippen LogP contribution in [0.1, 0.15) is 59.8 Å². The first-order chi connectivity index (χ1) is 9.56. The summed E-state index contributed by atoms with van der Waals surface area (Å²) >= 11 is 0. The van der Waals surface area contributed by atoms with Crippen molar-refractivity contribution in [2.24, 2.45) is 5.92 Å². The Bertz CT molecular complexity index is 506. The molecular weight excluding hydrogens is 258 g/mol. The molecule has 5 nitrogen and oxygen atoms in total. The van der Waals surface area contributed by atoms with Gasteiger partial charge in [-0.2, -0.15) is 0 Å². The molecule has 5 heteroatoms. The highest BCUT2D eigenvalue weighted by atomic mass is 16.4. The lowest BCUT2D eigenvalue weighted by atomic mass is 9.95. The van der Waals surface area contributed by atoms with Gasteiger partial charge in [-0.3, -0.25) is 4.79 Å². The van der Waals surface area contributed by atoms with Gasteiger partial charge in [-0.15, -0.1) is 0 Å². The Morgan fingerprint density at radius 1 is 1.45 bits per heavy atom. The third kappa shape index (κ3) is 2.86. The van der Waals surface area contributed by atoms with Crippen LogP contribution in [0.3, 0.4) is 0 Å². The Hall–Kier alpha value is -1.78. The van der Waals surface area contributed by atoms with E-state index in [1.54, 1.807) is 4.90 Å². The smallest absolute Gasteiger partial charge is 0.339 e. The van der Waals surface area contributed by atoms with Gasteiger partial charge in [-0.1, -0.05) is 20.3 Å². The number of carbonyl (C=O) groups excluding carboxylic acids is 1. The molecule has 0 saturated carbocycles. The maximum Gasteiger partial charge on any atom is 0.339 e. The van der Waals surface area contributed by atoms with Crippen molar-refractivity contribution in [3.05, 3.63) is 23.2 Å². The summed E-state index contributed by atoms with van der Waals surface area (Å²) in [5, 5.41) is 9.10. The van der Waals surface area contributed by atoms with Gasteiger partial charge in [0, 0.05) is 25.6 Å². The van der Waals surface area contributed by atoms with E-state index in [0.717, 1.165) is 32.4 Å². The number of rotatable bonds is 4. The first kappa shape index (κ1) is 14.6. The van der Waals surface area contributed by atoms with Crippen LogP contribution in [0.25, 0.3) is 0 Å². The molecule has 1 fully saturated rings. The average molecular weight is 279 g/mol. The molecule has 20 heavy (non-hydrogen) atoms. The monoisotopic (exact) mass is 279 g/mol. The number of likely N-dealkylation sites (tertiary alicyclic amines) is 1. The maximum atomic E-state index is 12.4. The molecule has 110 valence electrons. The van der Waals surface area contributed by atoms with Crippen molar-refractivity contribution >= 4 is 11.9 Å². The van der Waals surface area contributed by atoms with Gasteiger partial charge in [-0.25, -0.2) is 4.79 Å². The minimum Gasteiger partial charge on any atom is -0.478 e. The summed E-state index contributed by atoms with van der Waals surface area (Å²) in [5.74, 6) is -0.187. The molecule has 1 aromatic heterocycles. The van der Waals surface area contributed by atoms with Crippen molar-refractivity contribution < 1.29 is 19.1 Å². The largest absolute Gasteiger partial charge is 0.478 e. The molecule has 2 rings (SSSR count). The van der Waals surface area contributed by atoms with E-state index in [1.165, 1.54) is 6.07 Å². The number of carbonyl (C=O) groups is 2. The number of carboxylic acid groups (broad SMARTS) is 1. The summed E-state index contributed by atoms with van der Waals surface area (Å²) in [5.41, 5.74) is 0.0971. The number of hydrogen-bond donors (Lipinski definition) is 1. The minimum atomic E-state index is -1.05. The van der Waals surface area contributed by atoms with Crippen molar-refractivity contribution in [2.45, 2.75) is 39.5 Å². The summed E-state index contributed by atoms with van der Waals surface area (Å²) < 4.78 is 5.44. The van der Waals surface area contributed by atoms with Gasteiger partial charge in [0.25, 0.3) is 5.91 Å². The number of carboxylic acids is 1. The summed E-state index contributed by atoms with van der Waals surface area (Å²) in [6.07, 6.45) is 3.67. The Kier molecular flexibility index (Phi) is 4.47. The van der Waals surface area contributed by atoms with E-state index in [1.807, 2.05) is 6.92 Å². The van der Waals surface area contributed by atoms with Crippen LogP contribution in [0.4, 0.5) is 0 Å². The number of amides is 1. The second-order valence-electron chi connectivity index (χ2n) is 5.27. The molecule has 1 amide bonds. The third-order valence-corrected chi connectivity index (χ3v) is 3.95. The lowest BCUT2D eigenvalue weighted by Gasteiger charge is -2.31. The lowest BCUT2D eigenvalue weighted by molar-refractivity contribution is 0.0636. The zero-order valence-corrected chi connectivity index (χ0v) is 12.0. The zero-order valence-electron chi connectivity index (χ0n) is 12.0. The van der Waals surface area contributed by atoms with Gasteiger partial charge in [0.1, 0.15) is 11.3 Å². The van der Waals surface area contributed by atoms with E-state index in [0.29, 0.717) is 18.1 Å². The molecule has 1 saturated heterocycles. The standard InChI is InChI=1S/C15H21NO4/c1-3-10-6-5-7-16(9-10)14(17)13-8-11(15(18)19)12(4-2)20-13/h8,10H,3-7,9H2,1-2H3,(H,18,19). The summed E-state index contributed by atoms with van der Waals surface area (Å²) in [6, 6.07) is 1.36. The quantitative estimate of drug-likeness (QED) is 0.920. The van der Waals surface area contributed by atoms with Gasteiger partial charge >= 0.3 is 5.97 Å². The predicted octanol–water partition coefficient (Wildman–Crippen LogP) is 2.80. The number of hydrogen-bond acceptors (Lipinski definition) is 3. The lowest BCUT2D eigenvalue weighted by Crippen LogP contribution is -2.39. The van der Waals surface area contributed by atoms with Gasteiger partial charge in [0.15, 0.2) is 5.76 Å². The normalized spacial score (nSPS) is 19.1. The molecule has 2 heterocycles. The number of nitrogens with zero attached hydrogens (tertiary/aromatic N) is 1. The highest BCUT2D eigenvalue weighted by Crippen LogP contribution is 2.23. The predicted molar refractivity (Wildman–Crippen MR) is 74.0 cm³/mol. The van der Waals surface area contributed by atoms with E-state index in [4.69, 9.17) is 9.52 Å². The van der Waals surface area contributed by atoms with Crippen molar-refractivity contribution in [3.8, 4) is 0 Å². The molecular formula is C15H21NO4. The number of piperidine rings is 1. The molecule has 1 unspecified atom stereocenters. The van der Waals surface area contributed by atoms with E-state index < -0.39 is 5.97 Å². The van der Waals surface area contributed by atoms with E-state index in [2.05, 4.69) is 6.92 Å². The molecule has 0 spiro atoms. The SMILES string of the molecule is CCc1oc(C(=O)N2CCCC(CC)C2)cc1C(=O)O. The first-order valence-corrected chi connectivity index (χ1v) is 7.22. The molecule has 1 aromatic rings. The molecule has 1 aliphatic rings.